The molecule has 0 heterocycles. The van der Waals surface area contributed by atoms with Crippen LogP contribution in [0.25, 0.3) is 0 Å². The van der Waals surface area contributed by atoms with Gasteiger partial charge in [-0.15, -0.1) is 4.91 Å². The quantitative estimate of drug-likeness (QED) is 0.341. The number of hydrogen-bond donors (Lipinski definition) is 2. The Hall–Kier alpha value is -2.31. The fourth-order valence-electron chi connectivity index (χ4n) is 1.17. The lowest BCUT2D eigenvalue weighted by Crippen LogP contribution is -2.19. The number of phenolic OH excluding ortho intramolecular Hbond substituents is 1. The Balaban J connectivity index is 2.79. The maximum absolute atomic E-state index is 11.0. The summed E-state index contributed by atoms with van der Waals surface area (Å²) in [4.78, 5) is 21.1. The average Bonchev–Trinajstić information content (AvgIpc) is 2.30. The predicted octanol–water partition coefficient (Wildman–Crippen LogP) is 0.922. The molecule has 7 heteroatoms. The summed E-state index contributed by atoms with van der Waals surface area (Å²) in [6.07, 6.45) is 0.158. The molecular formula is C9H10N4O3. The largest absolute Gasteiger partial charge is 0.508 e. The van der Waals surface area contributed by atoms with E-state index in [4.69, 9.17) is 10.9 Å². The molecule has 0 spiro atoms. The van der Waals surface area contributed by atoms with E-state index >= 15 is 0 Å². The molecule has 3 N–H and O–H groups in total. The second-order valence-corrected chi connectivity index (χ2v) is 3.05. The van der Waals surface area contributed by atoms with Crippen molar-refractivity contribution in [2.45, 2.75) is 12.5 Å². The molecule has 84 valence electrons. The van der Waals surface area contributed by atoms with Gasteiger partial charge in [0, 0.05) is 11.6 Å². The van der Waals surface area contributed by atoms with E-state index < -0.39 is 11.9 Å². The molecule has 1 atom stereocenters. The summed E-state index contributed by atoms with van der Waals surface area (Å²) in [5.41, 5.74) is 0.715. The van der Waals surface area contributed by atoms with E-state index in [-0.39, 0.29) is 12.2 Å². The van der Waals surface area contributed by atoms with Gasteiger partial charge in [0.05, 0.1) is 0 Å². The van der Waals surface area contributed by atoms with Gasteiger partial charge in [-0.2, -0.15) is 5.11 Å². The number of nitroso groups, excluding NO2 is 1. The summed E-state index contributed by atoms with van der Waals surface area (Å²) in [5.74, 6) is 4.01. The molecule has 0 aliphatic rings. The highest BCUT2D eigenvalue weighted by Crippen LogP contribution is 2.13. The molecule has 1 amide bonds. The van der Waals surface area contributed by atoms with Gasteiger partial charge in [0.25, 0.3) is 0 Å². The van der Waals surface area contributed by atoms with Crippen LogP contribution in [-0.2, 0) is 11.2 Å². The molecular weight excluding hydrogens is 212 g/mol. The van der Waals surface area contributed by atoms with E-state index in [0.29, 0.717) is 5.56 Å². The highest BCUT2D eigenvalue weighted by molar-refractivity contribution is 5.82. The summed E-state index contributed by atoms with van der Waals surface area (Å²) in [5, 5.41) is 17.7. The second kappa shape index (κ2) is 5.54. The Bertz CT molecular complexity index is 402. The molecule has 16 heavy (non-hydrogen) atoms. The summed E-state index contributed by atoms with van der Waals surface area (Å²) in [6, 6.07) is 5.13. The average molecular weight is 222 g/mol. The van der Waals surface area contributed by atoms with Crippen LogP contribution in [0.4, 0.5) is 0 Å². The van der Waals surface area contributed by atoms with Gasteiger partial charge in [-0.25, -0.2) is 0 Å². The highest BCUT2D eigenvalue weighted by Gasteiger charge is 2.19. The zero-order chi connectivity index (χ0) is 12.0. The molecule has 1 rings (SSSR count). The van der Waals surface area contributed by atoms with Crippen molar-refractivity contribution in [2.24, 2.45) is 21.4 Å². The van der Waals surface area contributed by atoms with Crippen LogP contribution in [0.1, 0.15) is 5.56 Å². The van der Waals surface area contributed by atoms with Gasteiger partial charge in [-0.1, -0.05) is 17.4 Å². The Morgan fingerprint density at radius 1 is 1.38 bits per heavy atom. The number of carbonyl (C=O) groups excluding carboxylic acids is 1. The Labute approximate surface area is 90.9 Å². The van der Waals surface area contributed by atoms with Crippen LogP contribution < -0.4 is 5.84 Å². The summed E-state index contributed by atoms with van der Waals surface area (Å²) in [7, 11) is 0. The molecule has 0 fully saturated rings. The number of aromatic hydroxyl groups is 1. The van der Waals surface area contributed by atoms with Crippen molar-refractivity contribution in [2.75, 3.05) is 0 Å². The van der Waals surface area contributed by atoms with E-state index in [1.807, 2.05) is 0 Å². The van der Waals surface area contributed by atoms with Crippen LogP contribution in [0.3, 0.4) is 0 Å². The van der Waals surface area contributed by atoms with E-state index in [9.17, 15) is 9.70 Å². The highest BCUT2D eigenvalue weighted by atomic mass is 16.3. The molecule has 0 aromatic heterocycles. The molecule has 1 aromatic carbocycles. The fourth-order valence-corrected chi connectivity index (χ4v) is 1.17. The lowest BCUT2D eigenvalue weighted by Gasteiger charge is -2.05. The van der Waals surface area contributed by atoms with E-state index in [0.717, 1.165) is 0 Å². The van der Waals surface area contributed by atoms with Gasteiger partial charge in [0.1, 0.15) is 5.75 Å². The predicted molar refractivity (Wildman–Crippen MR) is 55.4 cm³/mol. The van der Waals surface area contributed by atoms with Gasteiger partial charge >= 0.3 is 5.91 Å². The Morgan fingerprint density at radius 3 is 2.50 bits per heavy atom. The van der Waals surface area contributed by atoms with Crippen LogP contribution in [-0.4, -0.2) is 17.1 Å². The first kappa shape index (κ1) is 11.8. The third-order valence-corrected chi connectivity index (χ3v) is 1.95. The Morgan fingerprint density at radius 2 is 2.00 bits per heavy atom. The Kier molecular flexibility index (Phi) is 4.07. The monoisotopic (exact) mass is 222 g/mol. The van der Waals surface area contributed by atoms with Crippen LogP contribution in [0.15, 0.2) is 39.8 Å². The molecule has 0 aliphatic heterocycles. The molecule has 1 unspecified atom stereocenters. The number of carbonyl (C=O) groups is 1. The minimum atomic E-state index is -1.01. The minimum absolute atomic E-state index is 0.112. The van der Waals surface area contributed by atoms with E-state index in [1.54, 1.807) is 12.1 Å². The lowest BCUT2D eigenvalue weighted by molar-refractivity contribution is -0.119. The topological polar surface area (TPSA) is 117 Å². The normalized spacial score (nSPS) is 12.5. The second-order valence-electron chi connectivity index (χ2n) is 3.05. The maximum Gasteiger partial charge on any atom is 0.312 e. The molecule has 0 saturated heterocycles. The van der Waals surface area contributed by atoms with Gasteiger partial charge in [-0.3, -0.25) is 4.79 Å². The van der Waals surface area contributed by atoms with Gasteiger partial charge in [0.15, 0.2) is 6.04 Å². The van der Waals surface area contributed by atoms with Crippen LogP contribution >= 0.6 is 0 Å². The third-order valence-electron chi connectivity index (χ3n) is 1.95. The van der Waals surface area contributed by atoms with Crippen molar-refractivity contribution in [1.82, 2.24) is 0 Å². The first-order valence-corrected chi connectivity index (χ1v) is 4.42. The third kappa shape index (κ3) is 3.12. The number of amides is 1. The van der Waals surface area contributed by atoms with Crippen LogP contribution in [0, 0.1) is 4.91 Å². The van der Waals surface area contributed by atoms with Gasteiger partial charge < -0.3 is 10.9 Å². The molecule has 0 saturated carbocycles. The van der Waals surface area contributed by atoms with E-state index in [2.05, 4.69) is 15.5 Å². The van der Waals surface area contributed by atoms with E-state index in [1.165, 1.54) is 12.1 Å². The van der Waals surface area contributed by atoms with Crippen molar-refractivity contribution in [1.29, 1.82) is 0 Å². The van der Waals surface area contributed by atoms with Crippen molar-refractivity contribution in [3.05, 3.63) is 34.7 Å². The molecule has 0 bridgehead atoms. The molecule has 1 aromatic rings. The number of hydrogen-bond acceptors (Lipinski definition) is 5. The summed E-state index contributed by atoms with van der Waals surface area (Å²) >= 11 is 0. The number of benzene rings is 1. The number of nitrogens with zero attached hydrogens (tertiary/aromatic N) is 3. The summed E-state index contributed by atoms with van der Waals surface area (Å²) < 4.78 is 0. The zero-order valence-corrected chi connectivity index (χ0v) is 8.28. The molecule has 7 nitrogen and oxygen atoms in total. The van der Waals surface area contributed by atoms with Crippen LogP contribution in [0.2, 0.25) is 0 Å². The van der Waals surface area contributed by atoms with Crippen LogP contribution in [0.5, 0.6) is 5.75 Å². The minimum Gasteiger partial charge on any atom is -0.508 e. The zero-order valence-electron chi connectivity index (χ0n) is 8.28. The smallest absolute Gasteiger partial charge is 0.312 e. The molecule has 0 aliphatic carbocycles. The van der Waals surface area contributed by atoms with Gasteiger partial charge in [-0.05, 0) is 17.7 Å². The van der Waals surface area contributed by atoms with Crippen molar-refractivity contribution >= 4 is 5.91 Å². The van der Waals surface area contributed by atoms with Crippen molar-refractivity contribution in [3.63, 3.8) is 0 Å². The van der Waals surface area contributed by atoms with Gasteiger partial charge in [0.2, 0.25) is 0 Å². The first-order chi connectivity index (χ1) is 7.67. The first-order valence-electron chi connectivity index (χ1n) is 4.42. The molecule has 0 radical (unpaired) electrons. The van der Waals surface area contributed by atoms with Crippen molar-refractivity contribution in [3.8, 4) is 5.75 Å². The van der Waals surface area contributed by atoms with Crippen molar-refractivity contribution < 1.29 is 9.90 Å². The maximum atomic E-state index is 11.0. The number of nitrogens with two attached hydrogens (primary N) is 1. The summed E-state index contributed by atoms with van der Waals surface area (Å²) in [6.45, 7) is 0. The number of rotatable bonds is 4. The number of phenols is 1. The lowest BCUT2D eigenvalue weighted by atomic mass is 10.1. The fraction of sp³-hybridized carbons (Fsp3) is 0.222. The standard InChI is InChI=1S/C9H10N4O3/c10-13-11-8(9(15)12-16)5-6-1-3-7(14)4-2-6/h1-4,8,14H,5H2,(H2,10,11). The SMILES string of the molecule is NN=NC(Cc1ccc(O)cc1)C(=O)N=O.